The third-order valence-corrected chi connectivity index (χ3v) is 3.99. The number of rotatable bonds is 7. The molecule has 25 heavy (non-hydrogen) atoms. The quantitative estimate of drug-likeness (QED) is 0.757. The van der Waals surface area contributed by atoms with Gasteiger partial charge in [0.2, 0.25) is 0 Å². The molecule has 0 radical (unpaired) electrons. The summed E-state index contributed by atoms with van der Waals surface area (Å²) in [6, 6.07) is 11.6. The zero-order chi connectivity index (χ0) is 18.3. The van der Waals surface area contributed by atoms with E-state index in [2.05, 4.69) is 4.98 Å². The minimum absolute atomic E-state index is 0.000778. The molecule has 1 aromatic heterocycles. The molecule has 0 saturated carbocycles. The molecule has 4 heteroatoms. The van der Waals surface area contributed by atoms with E-state index in [-0.39, 0.29) is 5.91 Å². The van der Waals surface area contributed by atoms with E-state index < -0.39 is 5.60 Å². The number of carbonyl (C=O) groups excluding carboxylic acids is 1. The summed E-state index contributed by atoms with van der Waals surface area (Å²) in [6.45, 7) is 8.93. The standard InChI is InChI=1S/C21H26N2O2/c1-5-23(6-2)20(24)21(3,4)25-19-11-9-17(10-12-19)7-8-18-13-15-22-16-14-18/h7-16H,5-6H2,1-4H3/b8-7+. The third-order valence-electron chi connectivity index (χ3n) is 3.99. The first-order valence-corrected chi connectivity index (χ1v) is 8.63. The van der Waals surface area contributed by atoms with Crippen molar-refractivity contribution in [2.45, 2.75) is 33.3 Å². The average Bonchev–Trinajstić information content (AvgIpc) is 2.62. The van der Waals surface area contributed by atoms with E-state index >= 15 is 0 Å². The van der Waals surface area contributed by atoms with Crippen LogP contribution in [0.25, 0.3) is 12.2 Å². The van der Waals surface area contributed by atoms with Gasteiger partial charge < -0.3 is 9.64 Å². The molecular weight excluding hydrogens is 312 g/mol. The number of benzene rings is 1. The Morgan fingerprint density at radius 3 is 2.04 bits per heavy atom. The fraction of sp³-hybridized carbons (Fsp3) is 0.333. The number of nitrogens with zero attached hydrogens (tertiary/aromatic N) is 2. The zero-order valence-corrected chi connectivity index (χ0v) is 15.4. The van der Waals surface area contributed by atoms with Gasteiger partial charge in [-0.2, -0.15) is 0 Å². The summed E-state index contributed by atoms with van der Waals surface area (Å²) in [4.78, 5) is 18.3. The van der Waals surface area contributed by atoms with Crippen molar-refractivity contribution in [1.29, 1.82) is 0 Å². The van der Waals surface area contributed by atoms with E-state index in [1.807, 2.05) is 76.2 Å². The molecule has 0 aliphatic heterocycles. The molecule has 0 aliphatic rings. The molecule has 0 N–H and O–H groups in total. The van der Waals surface area contributed by atoms with Crippen molar-refractivity contribution in [2.75, 3.05) is 13.1 Å². The van der Waals surface area contributed by atoms with Crippen LogP contribution in [0.1, 0.15) is 38.8 Å². The minimum atomic E-state index is -0.888. The molecule has 1 heterocycles. The molecule has 0 fully saturated rings. The highest BCUT2D eigenvalue weighted by atomic mass is 16.5. The summed E-state index contributed by atoms with van der Waals surface area (Å²) in [6.07, 6.45) is 7.61. The van der Waals surface area contributed by atoms with Gasteiger partial charge >= 0.3 is 0 Å². The molecule has 0 bridgehead atoms. The predicted octanol–water partition coefficient (Wildman–Crippen LogP) is 4.28. The molecule has 2 rings (SSSR count). The molecule has 0 saturated heterocycles. The normalized spacial score (nSPS) is 11.5. The second kappa shape index (κ2) is 8.47. The Balaban J connectivity index is 2.04. The van der Waals surface area contributed by atoms with Gasteiger partial charge in [-0.05, 0) is 63.1 Å². The van der Waals surface area contributed by atoms with Crippen LogP contribution in [0, 0.1) is 0 Å². The second-order valence-corrected chi connectivity index (χ2v) is 6.27. The van der Waals surface area contributed by atoms with Crippen LogP contribution >= 0.6 is 0 Å². The summed E-state index contributed by atoms with van der Waals surface area (Å²) in [5.41, 5.74) is 1.28. The number of hydrogen-bond donors (Lipinski definition) is 0. The van der Waals surface area contributed by atoms with E-state index in [4.69, 9.17) is 4.74 Å². The van der Waals surface area contributed by atoms with Crippen molar-refractivity contribution < 1.29 is 9.53 Å². The Morgan fingerprint density at radius 1 is 1.00 bits per heavy atom. The van der Waals surface area contributed by atoms with Gasteiger partial charge in [-0.1, -0.05) is 24.3 Å². The smallest absolute Gasteiger partial charge is 0.266 e. The highest BCUT2D eigenvalue weighted by Crippen LogP contribution is 2.21. The van der Waals surface area contributed by atoms with Crippen LogP contribution in [0.5, 0.6) is 5.75 Å². The first-order chi connectivity index (χ1) is 12.0. The van der Waals surface area contributed by atoms with E-state index in [0.717, 1.165) is 11.1 Å². The maximum absolute atomic E-state index is 12.5. The number of aromatic nitrogens is 1. The highest BCUT2D eigenvalue weighted by Gasteiger charge is 2.33. The summed E-state index contributed by atoms with van der Waals surface area (Å²) in [5, 5.41) is 0. The first kappa shape index (κ1) is 18.7. The molecule has 1 aromatic carbocycles. The number of carbonyl (C=O) groups is 1. The maximum atomic E-state index is 12.5. The van der Waals surface area contributed by atoms with Gasteiger partial charge in [-0.15, -0.1) is 0 Å². The molecule has 1 amide bonds. The fourth-order valence-electron chi connectivity index (χ4n) is 2.54. The van der Waals surface area contributed by atoms with Crippen LogP contribution in [0.15, 0.2) is 48.8 Å². The SMILES string of the molecule is CCN(CC)C(=O)C(C)(C)Oc1ccc(/C=C/c2ccncc2)cc1. The van der Waals surface area contributed by atoms with Gasteiger partial charge in [0.1, 0.15) is 5.75 Å². The van der Waals surface area contributed by atoms with E-state index in [1.165, 1.54) is 0 Å². The first-order valence-electron chi connectivity index (χ1n) is 8.63. The molecule has 0 atom stereocenters. The Morgan fingerprint density at radius 2 is 1.52 bits per heavy atom. The summed E-state index contributed by atoms with van der Waals surface area (Å²) >= 11 is 0. The van der Waals surface area contributed by atoms with Gasteiger partial charge in [-0.3, -0.25) is 9.78 Å². The molecular formula is C21H26N2O2. The lowest BCUT2D eigenvalue weighted by Gasteiger charge is -2.31. The van der Waals surface area contributed by atoms with E-state index in [0.29, 0.717) is 18.8 Å². The number of ether oxygens (including phenoxy) is 1. The highest BCUT2D eigenvalue weighted by molar-refractivity contribution is 5.84. The van der Waals surface area contributed by atoms with Crippen molar-refractivity contribution in [3.8, 4) is 5.75 Å². The van der Waals surface area contributed by atoms with Crippen molar-refractivity contribution in [3.63, 3.8) is 0 Å². The van der Waals surface area contributed by atoms with Gasteiger partial charge in [0.25, 0.3) is 5.91 Å². The van der Waals surface area contributed by atoms with Crippen molar-refractivity contribution in [3.05, 3.63) is 59.9 Å². The van der Waals surface area contributed by atoms with Gasteiger partial charge in [0.15, 0.2) is 5.60 Å². The number of likely N-dealkylation sites (N-methyl/N-ethyl adjacent to an activating group) is 1. The molecule has 0 spiro atoms. The average molecular weight is 338 g/mol. The van der Waals surface area contributed by atoms with Crippen molar-refractivity contribution in [1.82, 2.24) is 9.88 Å². The number of amides is 1. The van der Waals surface area contributed by atoms with Crippen LogP contribution in [-0.4, -0.2) is 34.5 Å². The lowest BCUT2D eigenvalue weighted by Crippen LogP contribution is -2.48. The van der Waals surface area contributed by atoms with Crippen molar-refractivity contribution >= 4 is 18.1 Å². The number of pyridine rings is 1. The fourth-order valence-corrected chi connectivity index (χ4v) is 2.54. The monoisotopic (exact) mass is 338 g/mol. The zero-order valence-electron chi connectivity index (χ0n) is 15.4. The van der Waals surface area contributed by atoms with Gasteiger partial charge in [-0.25, -0.2) is 0 Å². The molecule has 0 unspecified atom stereocenters. The van der Waals surface area contributed by atoms with Crippen LogP contribution in [-0.2, 0) is 4.79 Å². The minimum Gasteiger partial charge on any atom is -0.478 e. The Hall–Kier alpha value is -2.62. The molecule has 2 aromatic rings. The maximum Gasteiger partial charge on any atom is 0.266 e. The Kier molecular flexibility index (Phi) is 6.34. The van der Waals surface area contributed by atoms with Gasteiger partial charge in [0.05, 0.1) is 0 Å². The topological polar surface area (TPSA) is 42.4 Å². The third kappa shape index (κ3) is 5.18. The predicted molar refractivity (Wildman–Crippen MR) is 102 cm³/mol. The number of hydrogen-bond acceptors (Lipinski definition) is 3. The van der Waals surface area contributed by atoms with Crippen LogP contribution in [0.2, 0.25) is 0 Å². The van der Waals surface area contributed by atoms with Crippen molar-refractivity contribution in [2.24, 2.45) is 0 Å². The van der Waals surface area contributed by atoms with Gasteiger partial charge in [0, 0.05) is 25.5 Å². The lowest BCUT2D eigenvalue weighted by atomic mass is 10.1. The van der Waals surface area contributed by atoms with E-state index in [1.54, 1.807) is 17.3 Å². The summed E-state index contributed by atoms with van der Waals surface area (Å²) < 4.78 is 5.94. The molecule has 4 nitrogen and oxygen atoms in total. The van der Waals surface area contributed by atoms with Crippen LogP contribution in [0.4, 0.5) is 0 Å². The summed E-state index contributed by atoms with van der Waals surface area (Å²) in [7, 11) is 0. The largest absolute Gasteiger partial charge is 0.478 e. The summed E-state index contributed by atoms with van der Waals surface area (Å²) in [5.74, 6) is 0.686. The van der Waals surface area contributed by atoms with Crippen LogP contribution < -0.4 is 4.74 Å². The molecule has 0 aliphatic carbocycles. The van der Waals surface area contributed by atoms with E-state index in [9.17, 15) is 4.79 Å². The molecule has 132 valence electrons. The Bertz CT molecular complexity index is 702. The second-order valence-electron chi connectivity index (χ2n) is 6.27. The van der Waals surface area contributed by atoms with Crippen LogP contribution in [0.3, 0.4) is 0 Å². The lowest BCUT2D eigenvalue weighted by molar-refractivity contribution is -0.145. The Labute approximate surface area is 150 Å².